The zero-order chi connectivity index (χ0) is 17.5. The Labute approximate surface area is 149 Å². The van der Waals surface area contributed by atoms with Crippen LogP contribution in [-0.2, 0) is 16.1 Å². The fraction of sp³-hybridized carbons (Fsp3) is 0.176. The van der Waals surface area contributed by atoms with Crippen molar-refractivity contribution in [2.24, 2.45) is 0 Å². The summed E-state index contributed by atoms with van der Waals surface area (Å²) in [5.74, 6) is -1.07. The predicted octanol–water partition coefficient (Wildman–Crippen LogP) is 4.44. The summed E-state index contributed by atoms with van der Waals surface area (Å²) >= 11 is 11.9. The molecule has 0 radical (unpaired) electrons. The maximum atomic E-state index is 12.0. The smallest absolute Gasteiger partial charge is 0.407 e. The summed E-state index contributed by atoms with van der Waals surface area (Å²) in [7, 11) is 0. The van der Waals surface area contributed by atoms with Gasteiger partial charge in [0.2, 0.25) is 0 Å². The first-order chi connectivity index (χ1) is 11.4. The Balaban J connectivity index is 2.05. The SMILES string of the molecule is O=C(O)C[C@H](NC(=O)OCc1ccccc1)c1cc(Cl)cc(Cl)c1. The number of halogens is 2. The summed E-state index contributed by atoms with van der Waals surface area (Å²) in [5.41, 5.74) is 1.32. The van der Waals surface area contributed by atoms with Gasteiger partial charge in [-0.05, 0) is 29.3 Å². The lowest BCUT2D eigenvalue weighted by atomic mass is 10.0. The Morgan fingerprint density at radius 3 is 2.29 bits per heavy atom. The van der Waals surface area contributed by atoms with Crippen LogP contribution in [0.25, 0.3) is 0 Å². The molecule has 2 rings (SSSR count). The number of aliphatic carboxylic acids is 1. The number of hydrogen-bond donors (Lipinski definition) is 2. The lowest BCUT2D eigenvalue weighted by Gasteiger charge is -2.18. The van der Waals surface area contributed by atoms with Crippen molar-refractivity contribution < 1.29 is 19.4 Å². The molecule has 0 aliphatic carbocycles. The number of carboxylic acid groups (broad SMARTS) is 1. The molecule has 0 bridgehead atoms. The fourth-order valence-corrected chi connectivity index (χ4v) is 2.65. The van der Waals surface area contributed by atoms with Crippen LogP contribution in [0.1, 0.15) is 23.6 Å². The molecule has 0 unspecified atom stereocenters. The highest BCUT2D eigenvalue weighted by Crippen LogP contribution is 2.25. The molecule has 0 saturated carbocycles. The van der Waals surface area contributed by atoms with Crippen molar-refractivity contribution in [3.63, 3.8) is 0 Å². The van der Waals surface area contributed by atoms with Gasteiger partial charge < -0.3 is 15.2 Å². The van der Waals surface area contributed by atoms with E-state index < -0.39 is 18.1 Å². The second-order valence-electron chi connectivity index (χ2n) is 5.06. The van der Waals surface area contributed by atoms with Gasteiger partial charge in [0.25, 0.3) is 0 Å². The highest BCUT2D eigenvalue weighted by atomic mass is 35.5. The lowest BCUT2D eigenvalue weighted by molar-refractivity contribution is -0.137. The van der Waals surface area contributed by atoms with Gasteiger partial charge in [0, 0.05) is 10.0 Å². The molecule has 2 N–H and O–H groups in total. The average molecular weight is 368 g/mol. The molecule has 0 aromatic heterocycles. The van der Waals surface area contributed by atoms with Crippen LogP contribution >= 0.6 is 23.2 Å². The number of amides is 1. The minimum atomic E-state index is -1.07. The number of nitrogens with one attached hydrogen (secondary N) is 1. The molecule has 24 heavy (non-hydrogen) atoms. The van der Waals surface area contributed by atoms with Crippen molar-refractivity contribution in [3.05, 3.63) is 69.7 Å². The quantitative estimate of drug-likeness (QED) is 0.791. The average Bonchev–Trinajstić information content (AvgIpc) is 2.52. The first-order valence-electron chi connectivity index (χ1n) is 7.09. The van der Waals surface area contributed by atoms with E-state index in [1.807, 2.05) is 30.3 Å². The van der Waals surface area contributed by atoms with E-state index in [1.165, 1.54) is 6.07 Å². The maximum absolute atomic E-state index is 12.0. The number of carbonyl (C=O) groups is 2. The second-order valence-corrected chi connectivity index (χ2v) is 5.93. The van der Waals surface area contributed by atoms with Gasteiger partial charge in [-0.1, -0.05) is 53.5 Å². The van der Waals surface area contributed by atoms with Gasteiger partial charge in [0.15, 0.2) is 0 Å². The van der Waals surface area contributed by atoms with Gasteiger partial charge in [0.1, 0.15) is 6.61 Å². The Morgan fingerprint density at radius 2 is 1.71 bits per heavy atom. The zero-order valence-corrected chi connectivity index (χ0v) is 14.1. The Kier molecular flexibility index (Phi) is 6.46. The van der Waals surface area contributed by atoms with Crippen LogP contribution in [0.4, 0.5) is 4.79 Å². The monoisotopic (exact) mass is 367 g/mol. The molecule has 0 fully saturated rings. The largest absolute Gasteiger partial charge is 0.481 e. The molecular formula is C17H15Cl2NO4. The molecule has 5 nitrogen and oxygen atoms in total. The number of hydrogen-bond acceptors (Lipinski definition) is 3. The van der Waals surface area contributed by atoms with Crippen molar-refractivity contribution in [1.29, 1.82) is 0 Å². The highest BCUT2D eigenvalue weighted by Gasteiger charge is 2.20. The number of carboxylic acids is 1. The molecule has 0 aliphatic heterocycles. The lowest BCUT2D eigenvalue weighted by Crippen LogP contribution is -2.30. The Bertz CT molecular complexity index is 702. The minimum Gasteiger partial charge on any atom is -0.481 e. The first-order valence-corrected chi connectivity index (χ1v) is 7.84. The van der Waals surface area contributed by atoms with Crippen LogP contribution in [0.5, 0.6) is 0 Å². The number of rotatable bonds is 6. The first kappa shape index (κ1) is 18.1. The van der Waals surface area contributed by atoms with E-state index in [-0.39, 0.29) is 13.0 Å². The molecule has 1 amide bonds. The summed E-state index contributed by atoms with van der Waals surface area (Å²) in [5, 5.41) is 12.3. The minimum absolute atomic E-state index is 0.0861. The normalized spacial score (nSPS) is 11.6. The summed E-state index contributed by atoms with van der Waals surface area (Å²) in [6.45, 7) is 0.0861. The summed E-state index contributed by atoms with van der Waals surface area (Å²) in [4.78, 5) is 23.0. The third kappa shape index (κ3) is 5.76. The fourth-order valence-electron chi connectivity index (χ4n) is 2.11. The number of ether oxygens (including phenoxy) is 1. The van der Waals surface area contributed by atoms with Crippen LogP contribution in [0, 0.1) is 0 Å². The van der Waals surface area contributed by atoms with E-state index in [1.54, 1.807) is 12.1 Å². The molecule has 1 atom stereocenters. The number of benzene rings is 2. The van der Waals surface area contributed by atoms with Gasteiger partial charge in [-0.15, -0.1) is 0 Å². The second kappa shape index (κ2) is 8.57. The van der Waals surface area contributed by atoms with Crippen LogP contribution in [0.3, 0.4) is 0 Å². The van der Waals surface area contributed by atoms with Gasteiger partial charge in [-0.3, -0.25) is 4.79 Å². The molecule has 7 heteroatoms. The van der Waals surface area contributed by atoms with E-state index in [0.29, 0.717) is 15.6 Å². The molecular weight excluding hydrogens is 353 g/mol. The van der Waals surface area contributed by atoms with Crippen LogP contribution in [0.2, 0.25) is 10.0 Å². The Morgan fingerprint density at radius 1 is 1.08 bits per heavy atom. The van der Waals surface area contributed by atoms with Crippen LogP contribution in [-0.4, -0.2) is 17.2 Å². The predicted molar refractivity (Wildman–Crippen MR) is 91.2 cm³/mol. The van der Waals surface area contributed by atoms with Crippen molar-refractivity contribution in [2.45, 2.75) is 19.1 Å². The molecule has 2 aromatic carbocycles. The maximum Gasteiger partial charge on any atom is 0.407 e. The van der Waals surface area contributed by atoms with Gasteiger partial charge >= 0.3 is 12.1 Å². The summed E-state index contributed by atoms with van der Waals surface area (Å²) in [6, 6.07) is 13.0. The van der Waals surface area contributed by atoms with Gasteiger partial charge in [0.05, 0.1) is 12.5 Å². The van der Waals surface area contributed by atoms with Crippen molar-refractivity contribution >= 4 is 35.3 Å². The molecule has 0 heterocycles. The topological polar surface area (TPSA) is 75.6 Å². The third-order valence-corrected chi connectivity index (χ3v) is 3.61. The number of carbonyl (C=O) groups excluding carboxylic acids is 1. The molecule has 2 aromatic rings. The van der Waals surface area contributed by atoms with Crippen LogP contribution in [0.15, 0.2) is 48.5 Å². The third-order valence-electron chi connectivity index (χ3n) is 3.17. The summed E-state index contributed by atoms with van der Waals surface area (Å²) in [6.07, 6.45) is -1.04. The van der Waals surface area contributed by atoms with Crippen molar-refractivity contribution in [2.75, 3.05) is 0 Å². The van der Waals surface area contributed by atoms with Gasteiger partial charge in [-0.2, -0.15) is 0 Å². The highest BCUT2D eigenvalue weighted by molar-refractivity contribution is 6.34. The van der Waals surface area contributed by atoms with E-state index >= 15 is 0 Å². The Hall–Kier alpha value is -2.24. The number of alkyl carbamates (subject to hydrolysis) is 1. The zero-order valence-electron chi connectivity index (χ0n) is 12.5. The van der Waals surface area contributed by atoms with E-state index in [4.69, 9.17) is 33.0 Å². The molecule has 0 spiro atoms. The van der Waals surface area contributed by atoms with Gasteiger partial charge in [-0.25, -0.2) is 4.79 Å². The van der Waals surface area contributed by atoms with Crippen molar-refractivity contribution in [3.8, 4) is 0 Å². The molecule has 0 aliphatic rings. The van der Waals surface area contributed by atoms with E-state index in [0.717, 1.165) is 5.56 Å². The molecule has 0 saturated heterocycles. The van der Waals surface area contributed by atoms with Crippen molar-refractivity contribution in [1.82, 2.24) is 5.32 Å². The van der Waals surface area contributed by atoms with E-state index in [9.17, 15) is 9.59 Å². The van der Waals surface area contributed by atoms with Crippen LogP contribution < -0.4 is 5.32 Å². The summed E-state index contributed by atoms with van der Waals surface area (Å²) < 4.78 is 5.11. The molecule has 126 valence electrons. The van der Waals surface area contributed by atoms with E-state index in [2.05, 4.69) is 5.32 Å². The standard InChI is InChI=1S/C17H15Cl2NO4/c18-13-6-12(7-14(19)8-13)15(9-16(21)22)20-17(23)24-10-11-4-2-1-3-5-11/h1-8,15H,9-10H2,(H,20,23)(H,21,22)/t15-/m0/s1.